The fourth-order valence-electron chi connectivity index (χ4n) is 2.42. The molecule has 0 aliphatic heterocycles. The van der Waals surface area contributed by atoms with Crippen molar-refractivity contribution in [1.82, 2.24) is 5.32 Å². The third-order valence-corrected chi connectivity index (χ3v) is 3.98. The van der Waals surface area contributed by atoms with Gasteiger partial charge in [-0.05, 0) is 36.7 Å². The summed E-state index contributed by atoms with van der Waals surface area (Å²) >= 11 is 3.49. The van der Waals surface area contributed by atoms with Gasteiger partial charge in [0.1, 0.15) is 5.75 Å². The van der Waals surface area contributed by atoms with E-state index in [-0.39, 0.29) is 6.04 Å². The van der Waals surface area contributed by atoms with Crippen LogP contribution in [-0.4, -0.2) is 14.2 Å². The third kappa shape index (κ3) is 3.22. The normalized spacial score (nSPS) is 12.2. The maximum absolute atomic E-state index is 5.52. The predicted molar refractivity (Wildman–Crippen MR) is 87.4 cm³/mol. The molecule has 20 heavy (non-hydrogen) atoms. The van der Waals surface area contributed by atoms with Gasteiger partial charge < -0.3 is 10.1 Å². The Bertz CT molecular complexity index is 583. The molecule has 0 aliphatic rings. The molecular formula is C17H20BrNO. The summed E-state index contributed by atoms with van der Waals surface area (Å²) in [5.41, 5.74) is 3.75. The molecule has 2 aromatic carbocycles. The first-order valence-electron chi connectivity index (χ1n) is 6.79. The van der Waals surface area contributed by atoms with Crippen molar-refractivity contribution in [3.8, 4) is 5.75 Å². The van der Waals surface area contributed by atoms with E-state index in [9.17, 15) is 0 Å². The van der Waals surface area contributed by atoms with Gasteiger partial charge in [0.25, 0.3) is 0 Å². The van der Waals surface area contributed by atoms with Crippen molar-refractivity contribution in [3.05, 3.63) is 63.6 Å². The van der Waals surface area contributed by atoms with Gasteiger partial charge in [0.05, 0.1) is 13.2 Å². The quantitative estimate of drug-likeness (QED) is 0.879. The molecule has 0 radical (unpaired) electrons. The molecular weight excluding hydrogens is 314 g/mol. The molecule has 1 N–H and O–H groups in total. The first-order chi connectivity index (χ1) is 9.69. The lowest BCUT2D eigenvalue weighted by atomic mass is 9.96. The summed E-state index contributed by atoms with van der Waals surface area (Å²) in [5.74, 6) is 0.889. The van der Waals surface area contributed by atoms with Crippen molar-refractivity contribution in [2.24, 2.45) is 0 Å². The van der Waals surface area contributed by atoms with Crippen molar-refractivity contribution >= 4 is 15.9 Å². The summed E-state index contributed by atoms with van der Waals surface area (Å²) in [5, 5.41) is 3.38. The standard InChI is InChI=1S/C17H20BrNO/c1-4-12-6-5-7-13(10-12)17(19-2)15-9-8-14(18)11-16(15)20-3/h5-11,17,19H,4H2,1-3H3. The van der Waals surface area contributed by atoms with Crippen LogP contribution >= 0.6 is 15.9 Å². The number of benzene rings is 2. The van der Waals surface area contributed by atoms with Gasteiger partial charge >= 0.3 is 0 Å². The van der Waals surface area contributed by atoms with Crippen molar-refractivity contribution < 1.29 is 4.74 Å². The summed E-state index contributed by atoms with van der Waals surface area (Å²) in [6.07, 6.45) is 1.04. The van der Waals surface area contributed by atoms with Crippen LogP contribution in [0.4, 0.5) is 0 Å². The van der Waals surface area contributed by atoms with Gasteiger partial charge in [0.15, 0.2) is 0 Å². The highest BCUT2D eigenvalue weighted by Crippen LogP contribution is 2.32. The van der Waals surface area contributed by atoms with Crippen molar-refractivity contribution in [2.45, 2.75) is 19.4 Å². The highest BCUT2D eigenvalue weighted by Gasteiger charge is 2.17. The minimum absolute atomic E-state index is 0.129. The van der Waals surface area contributed by atoms with Crippen LogP contribution in [-0.2, 0) is 6.42 Å². The zero-order valence-electron chi connectivity index (χ0n) is 12.1. The lowest BCUT2D eigenvalue weighted by molar-refractivity contribution is 0.405. The largest absolute Gasteiger partial charge is 0.496 e. The van der Waals surface area contributed by atoms with Gasteiger partial charge in [-0.25, -0.2) is 0 Å². The number of ether oxygens (including phenoxy) is 1. The van der Waals surface area contributed by atoms with Crippen LogP contribution in [0.1, 0.15) is 29.7 Å². The summed E-state index contributed by atoms with van der Waals surface area (Å²) in [4.78, 5) is 0. The first-order valence-corrected chi connectivity index (χ1v) is 7.58. The van der Waals surface area contributed by atoms with Crippen molar-refractivity contribution in [3.63, 3.8) is 0 Å². The molecule has 0 heterocycles. The second kappa shape index (κ2) is 6.91. The van der Waals surface area contributed by atoms with Gasteiger partial charge in [-0.3, -0.25) is 0 Å². The maximum Gasteiger partial charge on any atom is 0.125 e. The number of rotatable bonds is 5. The number of nitrogens with one attached hydrogen (secondary N) is 1. The summed E-state index contributed by atoms with van der Waals surface area (Å²) in [7, 11) is 3.69. The Morgan fingerprint density at radius 3 is 2.65 bits per heavy atom. The van der Waals surface area contributed by atoms with Crippen LogP contribution in [0.5, 0.6) is 5.75 Å². The lowest BCUT2D eigenvalue weighted by Gasteiger charge is -2.20. The number of hydrogen-bond acceptors (Lipinski definition) is 2. The maximum atomic E-state index is 5.52. The molecule has 106 valence electrons. The van der Waals surface area contributed by atoms with E-state index in [0.29, 0.717) is 0 Å². The van der Waals surface area contributed by atoms with Crippen LogP contribution in [0.15, 0.2) is 46.9 Å². The molecule has 3 heteroatoms. The molecule has 0 aromatic heterocycles. The summed E-state index contributed by atoms with van der Waals surface area (Å²) in [6.45, 7) is 2.17. The Morgan fingerprint density at radius 1 is 1.20 bits per heavy atom. The molecule has 0 saturated heterocycles. The summed E-state index contributed by atoms with van der Waals surface area (Å²) in [6, 6.07) is 15.0. The predicted octanol–water partition coefficient (Wildman–Crippen LogP) is 4.33. The highest BCUT2D eigenvalue weighted by atomic mass is 79.9. The SMILES string of the molecule is CCc1cccc(C(NC)c2ccc(Br)cc2OC)c1. The summed E-state index contributed by atoms with van der Waals surface area (Å²) < 4.78 is 6.54. The molecule has 0 spiro atoms. The second-order valence-electron chi connectivity index (χ2n) is 4.71. The van der Waals surface area contributed by atoms with E-state index >= 15 is 0 Å². The van der Waals surface area contributed by atoms with E-state index in [1.54, 1.807) is 7.11 Å². The zero-order valence-corrected chi connectivity index (χ0v) is 13.7. The lowest BCUT2D eigenvalue weighted by Crippen LogP contribution is -2.18. The molecule has 0 amide bonds. The Balaban J connectivity index is 2.46. The molecule has 0 fully saturated rings. The van der Waals surface area contributed by atoms with Crippen molar-refractivity contribution in [2.75, 3.05) is 14.2 Å². The third-order valence-electron chi connectivity index (χ3n) is 3.49. The van der Waals surface area contributed by atoms with E-state index in [2.05, 4.69) is 58.5 Å². The fourth-order valence-corrected chi connectivity index (χ4v) is 2.76. The number of hydrogen-bond donors (Lipinski definition) is 1. The number of aryl methyl sites for hydroxylation is 1. The average Bonchev–Trinajstić information content (AvgIpc) is 2.49. The smallest absolute Gasteiger partial charge is 0.125 e. The molecule has 0 bridgehead atoms. The van der Waals surface area contributed by atoms with Gasteiger partial charge in [0.2, 0.25) is 0 Å². The average molecular weight is 334 g/mol. The number of halogens is 1. The molecule has 0 aliphatic carbocycles. The van der Waals surface area contributed by atoms with E-state index in [4.69, 9.17) is 4.74 Å². The molecule has 2 nitrogen and oxygen atoms in total. The Hall–Kier alpha value is -1.32. The number of methoxy groups -OCH3 is 1. The van der Waals surface area contributed by atoms with E-state index in [1.807, 2.05) is 19.2 Å². The van der Waals surface area contributed by atoms with Gasteiger partial charge in [-0.15, -0.1) is 0 Å². The van der Waals surface area contributed by atoms with E-state index < -0.39 is 0 Å². The monoisotopic (exact) mass is 333 g/mol. The second-order valence-corrected chi connectivity index (χ2v) is 5.62. The van der Waals surface area contributed by atoms with E-state index in [0.717, 1.165) is 22.2 Å². The van der Waals surface area contributed by atoms with Crippen LogP contribution in [0.25, 0.3) is 0 Å². The van der Waals surface area contributed by atoms with Gasteiger partial charge in [0, 0.05) is 10.0 Å². The molecule has 2 rings (SSSR count). The minimum Gasteiger partial charge on any atom is -0.496 e. The van der Waals surface area contributed by atoms with Crippen LogP contribution < -0.4 is 10.1 Å². The van der Waals surface area contributed by atoms with Crippen molar-refractivity contribution in [1.29, 1.82) is 0 Å². The Labute approximate surface area is 129 Å². The molecule has 0 saturated carbocycles. The Kier molecular flexibility index (Phi) is 5.21. The van der Waals surface area contributed by atoms with Gasteiger partial charge in [-0.1, -0.05) is 53.2 Å². The molecule has 2 aromatic rings. The van der Waals surface area contributed by atoms with Gasteiger partial charge in [-0.2, -0.15) is 0 Å². The highest BCUT2D eigenvalue weighted by molar-refractivity contribution is 9.10. The van der Waals surface area contributed by atoms with E-state index in [1.165, 1.54) is 11.1 Å². The zero-order chi connectivity index (χ0) is 14.5. The minimum atomic E-state index is 0.129. The molecule has 1 unspecified atom stereocenters. The first kappa shape index (κ1) is 15.1. The fraction of sp³-hybridized carbons (Fsp3) is 0.294. The molecule has 1 atom stereocenters. The van der Waals surface area contributed by atoms with Crippen LogP contribution in [0.3, 0.4) is 0 Å². The topological polar surface area (TPSA) is 21.3 Å². The van der Waals surface area contributed by atoms with Crippen LogP contribution in [0, 0.1) is 0 Å². The van der Waals surface area contributed by atoms with Crippen LogP contribution in [0.2, 0.25) is 0 Å². The Morgan fingerprint density at radius 2 is 2.00 bits per heavy atom.